The molecule has 172 valence electrons. The third kappa shape index (κ3) is 3.60. The van der Waals surface area contributed by atoms with Gasteiger partial charge < -0.3 is 14.6 Å². The van der Waals surface area contributed by atoms with Crippen molar-refractivity contribution in [1.29, 1.82) is 0 Å². The molecule has 0 unspecified atom stereocenters. The Morgan fingerprint density at radius 3 is 2.79 bits per heavy atom. The summed E-state index contributed by atoms with van der Waals surface area (Å²) in [5.74, 6) is 0.777. The summed E-state index contributed by atoms with van der Waals surface area (Å²) < 4.78 is 5.43. The fourth-order valence-electron chi connectivity index (χ4n) is 5.16. The Bertz CT molecular complexity index is 1400. The van der Waals surface area contributed by atoms with Gasteiger partial charge in [0.25, 0.3) is 11.8 Å². The van der Waals surface area contributed by atoms with E-state index in [1.165, 1.54) is 5.56 Å². The van der Waals surface area contributed by atoms with E-state index in [1.807, 2.05) is 30.0 Å². The minimum atomic E-state index is -0.145. The number of hydrogen-bond acceptors (Lipinski definition) is 5. The summed E-state index contributed by atoms with van der Waals surface area (Å²) in [6, 6.07) is 15.5. The summed E-state index contributed by atoms with van der Waals surface area (Å²) in [5.41, 5.74) is 4.00. The van der Waals surface area contributed by atoms with Crippen LogP contribution in [0.5, 0.6) is 0 Å². The average molecular weight is 472 g/mol. The van der Waals surface area contributed by atoms with Crippen LogP contribution < -0.4 is 5.32 Å². The van der Waals surface area contributed by atoms with Crippen LogP contribution in [0.3, 0.4) is 0 Å². The van der Waals surface area contributed by atoms with Gasteiger partial charge in [0.1, 0.15) is 11.3 Å². The van der Waals surface area contributed by atoms with E-state index in [0.717, 1.165) is 33.8 Å². The maximum atomic E-state index is 13.7. The molecule has 2 fully saturated rings. The second kappa shape index (κ2) is 8.09. The van der Waals surface area contributed by atoms with Crippen LogP contribution in [-0.4, -0.2) is 40.8 Å². The first-order chi connectivity index (χ1) is 16.5. The molecule has 1 N–H and O–H groups in total. The van der Waals surface area contributed by atoms with Gasteiger partial charge in [-0.25, -0.2) is 4.98 Å². The molecule has 1 saturated heterocycles. The molecule has 3 atom stereocenters. The first kappa shape index (κ1) is 21.1. The van der Waals surface area contributed by atoms with Crippen molar-refractivity contribution >= 4 is 34.1 Å². The number of benzene rings is 2. The van der Waals surface area contributed by atoms with Crippen molar-refractivity contribution < 1.29 is 14.0 Å². The van der Waals surface area contributed by atoms with E-state index in [-0.39, 0.29) is 17.9 Å². The lowest BCUT2D eigenvalue weighted by molar-refractivity contribution is 0.0690. The van der Waals surface area contributed by atoms with Crippen molar-refractivity contribution in [2.45, 2.75) is 26.3 Å². The first-order valence-corrected chi connectivity index (χ1v) is 12.4. The molecule has 1 aliphatic carbocycles. The van der Waals surface area contributed by atoms with Gasteiger partial charge in [0, 0.05) is 18.5 Å². The van der Waals surface area contributed by atoms with Gasteiger partial charge in [0.2, 0.25) is 0 Å². The van der Waals surface area contributed by atoms with Crippen molar-refractivity contribution in [3.8, 4) is 10.4 Å². The minimum absolute atomic E-state index is 0.0159. The van der Waals surface area contributed by atoms with Crippen molar-refractivity contribution in [3.05, 3.63) is 76.6 Å². The van der Waals surface area contributed by atoms with E-state index in [9.17, 15) is 9.59 Å². The van der Waals surface area contributed by atoms with Crippen LogP contribution in [0.25, 0.3) is 21.4 Å². The molecule has 4 aromatic rings. The number of likely N-dealkylation sites (tertiary alicyclic amines) is 1. The molecule has 2 amide bonds. The van der Waals surface area contributed by atoms with E-state index in [1.54, 1.807) is 23.7 Å². The number of nitrogens with one attached hydrogen (secondary N) is 1. The van der Waals surface area contributed by atoms with Gasteiger partial charge in [-0.3, -0.25) is 9.59 Å². The molecule has 1 saturated carbocycles. The fraction of sp³-hybridized carbons (Fsp3) is 0.296. The standard InChI is InChI=1S/C27H25N3O3S/c1-15-6-8-17(9-7-15)25-24(29-16(2)34-25)27(32)30-14-18-12-21(18)22(30)13-28-26(31)20-4-3-5-23-19(20)10-11-33-23/h3-11,18,21-22H,12-14H2,1-2H3,(H,28,31)/t18-,21-,22-/m1/s1. The molecule has 2 aliphatic rings. The molecular formula is C27H25N3O3S. The summed E-state index contributed by atoms with van der Waals surface area (Å²) in [6.45, 7) is 5.15. The maximum absolute atomic E-state index is 13.7. The molecule has 3 heterocycles. The third-order valence-electron chi connectivity index (χ3n) is 7.03. The van der Waals surface area contributed by atoms with E-state index >= 15 is 0 Å². The number of piperidine rings is 1. The summed E-state index contributed by atoms with van der Waals surface area (Å²) in [7, 11) is 0. The monoisotopic (exact) mass is 471 g/mol. The highest BCUT2D eigenvalue weighted by Crippen LogP contribution is 2.50. The van der Waals surface area contributed by atoms with Crippen molar-refractivity contribution in [2.75, 3.05) is 13.1 Å². The van der Waals surface area contributed by atoms with Crippen LogP contribution in [0.1, 0.15) is 37.8 Å². The highest BCUT2D eigenvalue weighted by atomic mass is 32.1. The third-order valence-corrected chi connectivity index (χ3v) is 8.05. The number of furan rings is 1. The highest BCUT2D eigenvalue weighted by Gasteiger charge is 2.54. The van der Waals surface area contributed by atoms with Gasteiger partial charge in [0.15, 0.2) is 0 Å². The predicted molar refractivity (Wildman–Crippen MR) is 132 cm³/mol. The van der Waals surface area contributed by atoms with Gasteiger partial charge >= 0.3 is 0 Å². The molecule has 1 aliphatic heterocycles. The van der Waals surface area contributed by atoms with Crippen molar-refractivity contribution in [3.63, 3.8) is 0 Å². The Morgan fingerprint density at radius 2 is 1.97 bits per heavy atom. The molecule has 0 radical (unpaired) electrons. The molecule has 6 nitrogen and oxygen atoms in total. The fourth-order valence-corrected chi connectivity index (χ4v) is 6.08. The van der Waals surface area contributed by atoms with Crippen molar-refractivity contribution in [1.82, 2.24) is 15.2 Å². The SMILES string of the molecule is Cc1ccc(-c2sc(C)nc2C(=O)N2C[C@H]3C[C@H]3[C@H]2CNC(=O)c2cccc3occc23)cc1. The zero-order chi connectivity index (χ0) is 23.4. The Labute approximate surface area is 201 Å². The van der Waals surface area contributed by atoms with Gasteiger partial charge in [-0.15, -0.1) is 11.3 Å². The number of aromatic nitrogens is 1. The summed E-state index contributed by atoms with van der Waals surface area (Å²) in [5, 5.41) is 4.75. The number of rotatable bonds is 5. The second-order valence-corrected chi connectivity index (χ2v) is 10.5. The van der Waals surface area contributed by atoms with Crippen LogP contribution in [0, 0.1) is 25.7 Å². The first-order valence-electron chi connectivity index (χ1n) is 11.6. The summed E-state index contributed by atoms with van der Waals surface area (Å²) in [4.78, 5) is 34.2. The number of thiazole rings is 1. The van der Waals surface area contributed by atoms with E-state index in [2.05, 4.69) is 41.5 Å². The average Bonchev–Trinajstić information content (AvgIpc) is 3.16. The number of hydrogen-bond donors (Lipinski definition) is 1. The van der Waals surface area contributed by atoms with Crippen LogP contribution in [0.4, 0.5) is 0 Å². The van der Waals surface area contributed by atoms with Crippen LogP contribution in [0.15, 0.2) is 59.2 Å². The molecule has 0 spiro atoms. The van der Waals surface area contributed by atoms with Crippen LogP contribution >= 0.6 is 11.3 Å². The smallest absolute Gasteiger partial charge is 0.274 e. The topological polar surface area (TPSA) is 75.4 Å². The number of aryl methyl sites for hydroxylation is 2. The highest BCUT2D eigenvalue weighted by molar-refractivity contribution is 7.15. The lowest BCUT2D eigenvalue weighted by Crippen LogP contribution is -2.45. The van der Waals surface area contributed by atoms with Gasteiger partial charge in [-0.05, 0) is 55.9 Å². The predicted octanol–water partition coefficient (Wildman–Crippen LogP) is 5.06. The largest absolute Gasteiger partial charge is 0.464 e. The van der Waals surface area contributed by atoms with Crippen molar-refractivity contribution in [2.24, 2.45) is 11.8 Å². The Kier molecular flexibility index (Phi) is 5.03. The van der Waals surface area contributed by atoms with Crippen LogP contribution in [0.2, 0.25) is 0 Å². The Morgan fingerprint density at radius 1 is 1.15 bits per heavy atom. The Hall–Kier alpha value is -3.45. The van der Waals surface area contributed by atoms with Gasteiger partial charge in [-0.2, -0.15) is 0 Å². The number of carbonyl (C=O) groups excluding carboxylic acids is 2. The lowest BCUT2D eigenvalue weighted by atomic mass is 10.1. The van der Waals surface area contributed by atoms with Gasteiger partial charge in [0.05, 0.1) is 27.8 Å². The number of carbonyl (C=O) groups is 2. The van der Waals surface area contributed by atoms with E-state index in [0.29, 0.717) is 35.2 Å². The number of nitrogens with zero attached hydrogens (tertiary/aromatic N) is 2. The summed E-state index contributed by atoms with van der Waals surface area (Å²) in [6.07, 6.45) is 2.71. The summed E-state index contributed by atoms with van der Waals surface area (Å²) >= 11 is 1.55. The molecule has 0 bridgehead atoms. The minimum Gasteiger partial charge on any atom is -0.464 e. The molecule has 6 rings (SSSR count). The molecule has 2 aromatic carbocycles. The zero-order valence-electron chi connectivity index (χ0n) is 19.1. The number of fused-ring (bicyclic) bond motifs is 2. The normalized spacial score (nSPS) is 21.0. The van der Waals surface area contributed by atoms with Crippen LogP contribution in [-0.2, 0) is 0 Å². The quantitative estimate of drug-likeness (QED) is 0.441. The molecule has 2 aromatic heterocycles. The van der Waals surface area contributed by atoms with E-state index in [4.69, 9.17) is 4.42 Å². The van der Waals surface area contributed by atoms with Gasteiger partial charge in [-0.1, -0.05) is 35.9 Å². The lowest BCUT2D eigenvalue weighted by Gasteiger charge is -2.27. The Balaban J connectivity index is 1.23. The molecule has 7 heteroatoms. The zero-order valence-corrected chi connectivity index (χ0v) is 19.9. The maximum Gasteiger partial charge on any atom is 0.274 e. The molecule has 34 heavy (non-hydrogen) atoms. The second-order valence-electron chi connectivity index (χ2n) is 9.31. The van der Waals surface area contributed by atoms with E-state index < -0.39 is 0 Å². The molecular weight excluding hydrogens is 446 g/mol. The number of amides is 2.